The molecule has 0 saturated carbocycles. The number of rotatable bonds is 6. The molecule has 0 radical (unpaired) electrons. The number of carbonyl (C=O) groups is 1. The minimum Gasteiger partial charge on any atom is -0.478 e. The Hall–Kier alpha value is -5.06. The number of allylic oxidation sites excluding steroid dienone is 2. The van der Waals surface area contributed by atoms with Gasteiger partial charge in [-0.05, 0) is 23.8 Å². The zero-order valence-electron chi connectivity index (χ0n) is 16.1. The molecule has 0 fully saturated rings. The fourth-order valence-electron chi connectivity index (χ4n) is 2.98. The van der Waals surface area contributed by atoms with E-state index in [-0.39, 0.29) is 22.6 Å². The van der Waals surface area contributed by atoms with Crippen molar-refractivity contribution in [2.24, 2.45) is 0 Å². The Balaban J connectivity index is 2.14. The van der Waals surface area contributed by atoms with Crippen molar-refractivity contribution in [3.8, 4) is 29.3 Å². The van der Waals surface area contributed by atoms with Crippen molar-refractivity contribution >= 4 is 23.0 Å². The van der Waals surface area contributed by atoms with Crippen LogP contribution in [0.3, 0.4) is 0 Å². The Bertz CT molecular complexity index is 1280. The normalized spacial score (nSPS) is 9.45. The van der Waals surface area contributed by atoms with Gasteiger partial charge in [0.2, 0.25) is 0 Å². The topological polar surface area (TPSA) is 133 Å². The predicted octanol–water partition coefficient (Wildman–Crippen LogP) is 5.03. The molecule has 0 aliphatic rings. The van der Waals surface area contributed by atoms with E-state index in [2.05, 4.69) is 10.6 Å². The lowest BCUT2D eigenvalue weighted by atomic mass is 10.0. The molecule has 31 heavy (non-hydrogen) atoms. The fourth-order valence-corrected chi connectivity index (χ4v) is 2.98. The SMILES string of the molecule is N#CC(C#N)=C(C#N)Nc1cccc(C(=O)O)c1Nc1ccccc1-c1ccccc1. The van der Waals surface area contributed by atoms with E-state index in [4.69, 9.17) is 10.5 Å². The molecule has 0 saturated heterocycles. The summed E-state index contributed by atoms with van der Waals surface area (Å²) in [5, 5.41) is 43.1. The number of nitrogens with zero attached hydrogens (tertiary/aromatic N) is 3. The summed E-state index contributed by atoms with van der Waals surface area (Å²) in [5.74, 6) is -1.17. The first-order valence-corrected chi connectivity index (χ1v) is 9.08. The number of nitrogens with one attached hydrogen (secondary N) is 2. The predicted molar refractivity (Wildman–Crippen MR) is 116 cm³/mol. The number of carboxylic acid groups (broad SMARTS) is 1. The van der Waals surface area contributed by atoms with Gasteiger partial charge >= 0.3 is 5.97 Å². The molecule has 3 N–H and O–H groups in total. The number of carboxylic acids is 1. The molecule has 7 heteroatoms. The molecule has 3 rings (SSSR count). The summed E-state index contributed by atoms with van der Waals surface area (Å²) in [7, 11) is 0. The van der Waals surface area contributed by atoms with Gasteiger partial charge in [0, 0.05) is 11.3 Å². The zero-order valence-corrected chi connectivity index (χ0v) is 16.1. The first-order chi connectivity index (χ1) is 15.1. The minimum absolute atomic E-state index is 0.0411. The van der Waals surface area contributed by atoms with Gasteiger partial charge in [0.15, 0.2) is 5.57 Å². The number of benzene rings is 3. The van der Waals surface area contributed by atoms with Crippen LogP contribution >= 0.6 is 0 Å². The van der Waals surface area contributed by atoms with Gasteiger partial charge in [-0.1, -0.05) is 54.6 Å². The Morgan fingerprint density at radius 1 is 0.774 bits per heavy atom. The van der Waals surface area contributed by atoms with Crippen molar-refractivity contribution in [1.29, 1.82) is 15.8 Å². The Labute approximate surface area is 178 Å². The first kappa shape index (κ1) is 20.7. The maximum atomic E-state index is 11.9. The molecule has 0 aliphatic carbocycles. The zero-order chi connectivity index (χ0) is 22.2. The van der Waals surface area contributed by atoms with Gasteiger partial charge in [0.05, 0.1) is 16.9 Å². The quantitative estimate of drug-likeness (QED) is 0.490. The van der Waals surface area contributed by atoms with Crippen molar-refractivity contribution in [3.63, 3.8) is 0 Å². The first-order valence-electron chi connectivity index (χ1n) is 9.08. The van der Waals surface area contributed by atoms with Crippen molar-refractivity contribution in [1.82, 2.24) is 0 Å². The number of para-hydroxylation sites is 2. The minimum atomic E-state index is -1.17. The van der Waals surface area contributed by atoms with E-state index < -0.39 is 11.5 Å². The van der Waals surface area contributed by atoms with Crippen molar-refractivity contribution in [2.45, 2.75) is 0 Å². The van der Waals surface area contributed by atoms with Crippen molar-refractivity contribution in [3.05, 3.63) is 89.6 Å². The van der Waals surface area contributed by atoms with Crippen LogP contribution in [0.15, 0.2) is 84.1 Å². The van der Waals surface area contributed by atoms with Gasteiger partial charge in [-0.15, -0.1) is 0 Å². The van der Waals surface area contributed by atoms with Crippen molar-refractivity contribution < 1.29 is 9.90 Å². The maximum Gasteiger partial charge on any atom is 0.337 e. The maximum absolute atomic E-state index is 11.9. The Morgan fingerprint density at radius 3 is 2.06 bits per heavy atom. The molecule has 0 aliphatic heterocycles. The van der Waals surface area contributed by atoms with E-state index in [0.717, 1.165) is 11.1 Å². The van der Waals surface area contributed by atoms with Crippen LogP contribution in [0, 0.1) is 34.0 Å². The summed E-state index contributed by atoms with van der Waals surface area (Å²) in [6.45, 7) is 0. The lowest BCUT2D eigenvalue weighted by molar-refractivity contribution is 0.0698. The number of nitriles is 3. The van der Waals surface area contributed by atoms with Crippen LogP contribution in [0.2, 0.25) is 0 Å². The van der Waals surface area contributed by atoms with Crippen LogP contribution in [-0.2, 0) is 0 Å². The van der Waals surface area contributed by atoms with Crippen LogP contribution in [0.4, 0.5) is 17.1 Å². The second-order valence-electron chi connectivity index (χ2n) is 6.28. The Kier molecular flexibility index (Phi) is 6.28. The molecule has 0 unspecified atom stereocenters. The van der Waals surface area contributed by atoms with Crippen LogP contribution < -0.4 is 10.6 Å². The third-order valence-corrected chi connectivity index (χ3v) is 4.41. The second kappa shape index (κ2) is 9.43. The summed E-state index contributed by atoms with van der Waals surface area (Å²) >= 11 is 0. The lowest BCUT2D eigenvalue weighted by Crippen LogP contribution is -2.09. The summed E-state index contributed by atoms with van der Waals surface area (Å²) in [4.78, 5) is 11.9. The van der Waals surface area contributed by atoms with E-state index in [0.29, 0.717) is 5.69 Å². The van der Waals surface area contributed by atoms with Gasteiger partial charge in [-0.3, -0.25) is 0 Å². The van der Waals surface area contributed by atoms with Gasteiger partial charge in [0.1, 0.15) is 23.9 Å². The highest BCUT2D eigenvalue weighted by atomic mass is 16.4. The van der Waals surface area contributed by atoms with Gasteiger partial charge < -0.3 is 15.7 Å². The Morgan fingerprint density at radius 2 is 1.42 bits per heavy atom. The van der Waals surface area contributed by atoms with E-state index in [9.17, 15) is 15.2 Å². The molecule has 7 nitrogen and oxygen atoms in total. The monoisotopic (exact) mass is 405 g/mol. The third kappa shape index (κ3) is 4.51. The van der Waals surface area contributed by atoms with E-state index in [1.807, 2.05) is 54.6 Å². The average Bonchev–Trinajstić information content (AvgIpc) is 2.80. The van der Waals surface area contributed by atoms with Crippen LogP contribution in [-0.4, -0.2) is 11.1 Å². The highest BCUT2D eigenvalue weighted by Crippen LogP contribution is 2.35. The summed E-state index contributed by atoms with van der Waals surface area (Å²) < 4.78 is 0. The van der Waals surface area contributed by atoms with Crippen molar-refractivity contribution in [2.75, 3.05) is 10.6 Å². The highest BCUT2D eigenvalue weighted by molar-refractivity contribution is 6.00. The van der Waals surface area contributed by atoms with Crippen LogP contribution in [0.1, 0.15) is 10.4 Å². The number of hydrogen-bond acceptors (Lipinski definition) is 6. The summed E-state index contributed by atoms with van der Waals surface area (Å²) in [6.07, 6.45) is 0. The largest absolute Gasteiger partial charge is 0.478 e. The van der Waals surface area contributed by atoms with E-state index in [1.165, 1.54) is 12.1 Å². The molecular weight excluding hydrogens is 390 g/mol. The lowest BCUT2D eigenvalue weighted by Gasteiger charge is -2.18. The molecule has 0 amide bonds. The molecule has 0 atom stereocenters. The van der Waals surface area contributed by atoms with Gasteiger partial charge in [-0.2, -0.15) is 15.8 Å². The average molecular weight is 405 g/mol. The van der Waals surface area contributed by atoms with Crippen LogP contribution in [0.5, 0.6) is 0 Å². The van der Waals surface area contributed by atoms with E-state index >= 15 is 0 Å². The fraction of sp³-hybridized carbons (Fsp3) is 0. The van der Waals surface area contributed by atoms with E-state index in [1.54, 1.807) is 24.3 Å². The summed E-state index contributed by atoms with van der Waals surface area (Å²) in [5.41, 5.74) is 2.14. The number of aromatic carboxylic acids is 1. The molecule has 0 aromatic heterocycles. The molecule has 3 aromatic rings. The van der Waals surface area contributed by atoms with Crippen LogP contribution in [0.25, 0.3) is 11.1 Å². The third-order valence-electron chi connectivity index (χ3n) is 4.41. The molecule has 148 valence electrons. The number of anilines is 3. The molecular formula is C24H15N5O2. The molecule has 0 heterocycles. The summed E-state index contributed by atoms with van der Waals surface area (Å²) in [6, 6.07) is 26.6. The standard InChI is InChI=1S/C24H15N5O2/c25-13-17(14-26)22(15-27)28-21-12-6-10-19(24(30)31)23(21)29-20-11-5-4-9-18(20)16-7-2-1-3-8-16/h1-12,28-29H,(H,30,31). The smallest absolute Gasteiger partial charge is 0.337 e. The molecule has 3 aromatic carbocycles. The number of hydrogen-bond donors (Lipinski definition) is 3. The van der Waals surface area contributed by atoms with Gasteiger partial charge in [-0.25, -0.2) is 4.79 Å². The second-order valence-corrected chi connectivity index (χ2v) is 6.28. The molecule has 0 bridgehead atoms. The molecule has 0 spiro atoms. The highest BCUT2D eigenvalue weighted by Gasteiger charge is 2.18. The van der Waals surface area contributed by atoms with Gasteiger partial charge in [0.25, 0.3) is 0 Å².